The lowest BCUT2D eigenvalue weighted by molar-refractivity contribution is -0.118. The van der Waals surface area contributed by atoms with Gasteiger partial charge < -0.3 is 10.6 Å². The van der Waals surface area contributed by atoms with Crippen molar-refractivity contribution in [2.24, 2.45) is 0 Å². The van der Waals surface area contributed by atoms with Gasteiger partial charge in [0.25, 0.3) is 0 Å². The van der Waals surface area contributed by atoms with Crippen LogP contribution in [-0.2, 0) is 24.1 Å². The number of fused-ring (bicyclic) bond motifs is 2. The van der Waals surface area contributed by atoms with E-state index in [0.29, 0.717) is 6.04 Å². The topological polar surface area (TPSA) is 41.1 Å². The number of rotatable bonds is 2. The predicted octanol–water partition coefficient (Wildman–Crippen LogP) is 2.70. The van der Waals surface area contributed by atoms with Crippen LogP contribution in [-0.4, -0.2) is 18.0 Å². The summed E-state index contributed by atoms with van der Waals surface area (Å²) in [5.41, 5.74) is 5.05. The average molecular weight is 292 g/mol. The van der Waals surface area contributed by atoms with Gasteiger partial charge in [0.05, 0.1) is 6.04 Å². The van der Waals surface area contributed by atoms with Crippen molar-refractivity contribution >= 4 is 11.6 Å². The minimum Gasteiger partial charge on any atom is -0.324 e. The van der Waals surface area contributed by atoms with E-state index < -0.39 is 0 Å². The number of hydrogen-bond donors (Lipinski definition) is 2. The second kappa shape index (κ2) is 5.58. The predicted molar refractivity (Wildman–Crippen MR) is 88.0 cm³/mol. The second-order valence-corrected chi connectivity index (χ2v) is 6.28. The van der Waals surface area contributed by atoms with Crippen LogP contribution in [0.5, 0.6) is 0 Å². The lowest BCUT2D eigenvalue weighted by Crippen LogP contribution is -2.50. The summed E-state index contributed by atoms with van der Waals surface area (Å²) >= 11 is 0. The minimum absolute atomic E-state index is 0.0950. The van der Waals surface area contributed by atoms with Crippen molar-refractivity contribution in [3.63, 3.8) is 0 Å². The van der Waals surface area contributed by atoms with Crippen molar-refractivity contribution in [2.75, 3.05) is 5.32 Å². The Morgan fingerprint density at radius 3 is 2.50 bits per heavy atom. The Morgan fingerprint density at radius 1 is 0.909 bits per heavy atom. The lowest BCUT2D eigenvalue weighted by atomic mass is 9.87. The van der Waals surface area contributed by atoms with Crippen LogP contribution < -0.4 is 10.6 Å². The smallest absolute Gasteiger partial charge is 0.241 e. The number of hydrogen-bond acceptors (Lipinski definition) is 2. The molecular weight excluding hydrogens is 272 g/mol. The molecule has 22 heavy (non-hydrogen) atoms. The molecule has 2 aliphatic rings. The molecule has 3 nitrogen and oxygen atoms in total. The Labute approximate surface area is 130 Å². The molecule has 1 aliphatic heterocycles. The molecule has 0 fully saturated rings. The van der Waals surface area contributed by atoms with E-state index in [0.717, 1.165) is 31.4 Å². The quantitative estimate of drug-likeness (QED) is 0.893. The Hall–Kier alpha value is -2.13. The molecule has 2 N–H and O–H groups in total. The highest BCUT2D eigenvalue weighted by atomic mass is 16.2. The number of carbonyl (C=O) groups is 1. The number of carbonyl (C=O) groups excluding carboxylic acids is 1. The van der Waals surface area contributed by atoms with Gasteiger partial charge in [-0.25, -0.2) is 0 Å². The van der Waals surface area contributed by atoms with Gasteiger partial charge in [0.15, 0.2) is 0 Å². The maximum absolute atomic E-state index is 12.3. The number of para-hydroxylation sites is 1. The summed E-state index contributed by atoms with van der Waals surface area (Å²) in [7, 11) is 0. The zero-order chi connectivity index (χ0) is 14.9. The molecule has 0 spiro atoms. The Kier molecular flexibility index (Phi) is 3.43. The standard InChI is InChI=1S/C19H20N2O/c22-19-18(12-15-7-3-4-8-17(15)21-19)20-16-10-9-13-5-1-2-6-14(13)11-16/h1-8,16,18,20H,9-12H2,(H,21,22). The Bertz CT molecular complexity index is 710. The number of nitrogens with one attached hydrogen (secondary N) is 2. The second-order valence-electron chi connectivity index (χ2n) is 6.28. The minimum atomic E-state index is -0.120. The van der Waals surface area contributed by atoms with E-state index in [1.165, 1.54) is 16.7 Å². The van der Waals surface area contributed by atoms with Gasteiger partial charge in [0.2, 0.25) is 5.91 Å². The normalized spacial score (nSPS) is 23.4. The van der Waals surface area contributed by atoms with E-state index in [4.69, 9.17) is 0 Å². The Morgan fingerprint density at radius 2 is 1.64 bits per heavy atom. The summed E-state index contributed by atoms with van der Waals surface area (Å²) in [5, 5.41) is 6.59. The third-order valence-electron chi connectivity index (χ3n) is 4.80. The summed E-state index contributed by atoms with van der Waals surface area (Å²) in [6.45, 7) is 0. The van der Waals surface area contributed by atoms with Crippen molar-refractivity contribution in [2.45, 2.75) is 37.8 Å². The molecule has 2 atom stereocenters. The summed E-state index contributed by atoms with van der Waals surface area (Å²) in [6, 6.07) is 17.0. The van der Waals surface area contributed by atoms with Gasteiger partial charge in [0.1, 0.15) is 0 Å². The highest BCUT2D eigenvalue weighted by Crippen LogP contribution is 2.25. The van der Waals surface area contributed by atoms with Crippen LogP contribution in [0.2, 0.25) is 0 Å². The van der Waals surface area contributed by atoms with Crippen molar-refractivity contribution in [1.82, 2.24) is 5.32 Å². The van der Waals surface area contributed by atoms with Gasteiger partial charge in [-0.1, -0.05) is 42.5 Å². The summed E-state index contributed by atoms with van der Waals surface area (Å²) < 4.78 is 0. The van der Waals surface area contributed by atoms with Crippen LogP contribution in [0.1, 0.15) is 23.1 Å². The zero-order valence-corrected chi connectivity index (χ0v) is 12.5. The van der Waals surface area contributed by atoms with Crippen LogP contribution in [0.3, 0.4) is 0 Å². The summed E-state index contributed by atoms with van der Waals surface area (Å²) in [4.78, 5) is 12.3. The first-order valence-corrected chi connectivity index (χ1v) is 8.01. The fraction of sp³-hybridized carbons (Fsp3) is 0.316. The molecule has 1 aliphatic carbocycles. The van der Waals surface area contributed by atoms with Gasteiger partial charge in [-0.15, -0.1) is 0 Å². The largest absolute Gasteiger partial charge is 0.324 e. The molecule has 112 valence electrons. The monoisotopic (exact) mass is 292 g/mol. The molecule has 2 aromatic rings. The van der Waals surface area contributed by atoms with E-state index in [2.05, 4.69) is 41.0 Å². The van der Waals surface area contributed by atoms with Crippen molar-refractivity contribution in [1.29, 1.82) is 0 Å². The molecule has 2 aromatic carbocycles. The van der Waals surface area contributed by atoms with E-state index in [9.17, 15) is 4.79 Å². The fourth-order valence-corrected chi connectivity index (χ4v) is 3.61. The molecule has 0 radical (unpaired) electrons. The van der Waals surface area contributed by atoms with Crippen LogP contribution in [0.25, 0.3) is 0 Å². The van der Waals surface area contributed by atoms with Crippen LogP contribution in [0.4, 0.5) is 5.69 Å². The van der Waals surface area contributed by atoms with Crippen molar-refractivity contribution < 1.29 is 4.79 Å². The first-order chi connectivity index (χ1) is 10.8. The number of aryl methyl sites for hydroxylation is 1. The average Bonchev–Trinajstić information content (AvgIpc) is 2.55. The number of benzene rings is 2. The SMILES string of the molecule is O=C1Nc2ccccc2CC1NC1CCc2ccccc2C1. The van der Waals surface area contributed by atoms with Gasteiger partial charge in [-0.3, -0.25) is 4.79 Å². The van der Waals surface area contributed by atoms with Gasteiger partial charge in [-0.05, 0) is 48.4 Å². The zero-order valence-electron chi connectivity index (χ0n) is 12.5. The lowest BCUT2D eigenvalue weighted by Gasteiger charge is -2.32. The molecule has 3 heteroatoms. The van der Waals surface area contributed by atoms with Crippen LogP contribution in [0.15, 0.2) is 48.5 Å². The molecule has 1 heterocycles. The first kappa shape index (κ1) is 13.5. The van der Waals surface area contributed by atoms with E-state index in [1.807, 2.05) is 18.2 Å². The summed E-state index contributed by atoms with van der Waals surface area (Å²) in [6.07, 6.45) is 3.99. The van der Waals surface area contributed by atoms with Crippen molar-refractivity contribution in [3.05, 3.63) is 65.2 Å². The van der Waals surface area contributed by atoms with Gasteiger partial charge >= 0.3 is 0 Å². The first-order valence-electron chi connectivity index (χ1n) is 8.01. The molecule has 0 saturated carbocycles. The molecular formula is C19H20N2O. The fourth-order valence-electron chi connectivity index (χ4n) is 3.61. The van der Waals surface area contributed by atoms with Gasteiger partial charge in [0, 0.05) is 11.7 Å². The van der Waals surface area contributed by atoms with Gasteiger partial charge in [-0.2, -0.15) is 0 Å². The van der Waals surface area contributed by atoms with E-state index in [-0.39, 0.29) is 11.9 Å². The summed E-state index contributed by atoms with van der Waals surface area (Å²) in [5.74, 6) is 0.0950. The molecule has 0 aromatic heterocycles. The third-order valence-corrected chi connectivity index (χ3v) is 4.80. The molecule has 4 rings (SSSR count). The highest BCUT2D eigenvalue weighted by molar-refractivity contribution is 5.98. The van der Waals surface area contributed by atoms with Crippen molar-refractivity contribution in [3.8, 4) is 0 Å². The number of amides is 1. The molecule has 0 saturated heterocycles. The van der Waals surface area contributed by atoms with Crippen LogP contribution in [0, 0.1) is 0 Å². The van der Waals surface area contributed by atoms with E-state index in [1.54, 1.807) is 0 Å². The van der Waals surface area contributed by atoms with Crippen LogP contribution >= 0.6 is 0 Å². The molecule has 0 bridgehead atoms. The maximum atomic E-state index is 12.3. The highest BCUT2D eigenvalue weighted by Gasteiger charge is 2.29. The molecule has 2 unspecified atom stereocenters. The Balaban J connectivity index is 1.47. The number of anilines is 1. The maximum Gasteiger partial charge on any atom is 0.241 e. The third kappa shape index (κ3) is 2.53. The van der Waals surface area contributed by atoms with E-state index >= 15 is 0 Å². The molecule has 1 amide bonds.